The van der Waals surface area contributed by atoms with Gasteiger partial charge in [-0.1, -0.05) is 64.2 Å². The molecule has 5 nitrogen and oxygen atoms in total. The van der Waals surface area contributed by atoms with Crippen molar-refractivity contribution in [3.63, 3.8) is 0 Å². The van der Waals surface area contributed by atoms with Crippen LogP contribution < -0.4 is 4.39 Å². The van der Waals surface area contributed by atoms with Gasteiger partial charge in [0.1, 0.15) is 8.24 Å². The van der Waals surface area contributed by atoms with Crippen molar-refractivity contribution < 1.29 is 17.9 Å². The molecule has 7 heteroatoms. The molecule has 0 aliphatic rings. The third-order valence-corrected chi connectivity index (χ3v) is 12.4. The molecule has 0 saturated carbocycles. The van der Waals surface area contributed by atoms with E-state index in [2.05, 4.69) is 4.39 Å². The highest BCUT2D eigenvalue weighted by Gasteiger charge is 2.40. The second kappa shape index (κ2) is 7.80. The van der Waals surface area contributed by atoms with E-state index in [1.165, 1.54) is 7.11 Å². The van der Waals surface area contributed by atoms with Gasteiger partial charge in [0, 0.05) is 0 Å². The van der Waals surface area contributed by atoms with Crippen molar-refractivity contribution in [3.8, 4) is 0 Å². The van der Waals surface area contributed by atoms with Crippen LogP contribution in [0.1, 0.15) is 26.3 Å². The van der Waals surface area contributed by atoms with Gasteiger partial charge >= 0.3 is 5.97 Å². The Morgan fingerprint density at radius 3 is 2.21 bits per heavy atom. The molecule has 1 unspecified atom stereocenters. The molecule has 1 atom stereocenters. The number of carbonyl (C=O) groups excluding carboxylic acids is 1. The van der Waals surface area contributed by atoms with Crippen LogP contribution in [0.5, 0.6) is 0 Å². The molecule has 0 fully saturated rings. The molecule has 0 saturated heterocycles. The molecule has 1 N–H and O–H groups in total. The normalized spacial score (nSPS) is 14.2. The van der Waals surface area contributed by atoms with Crippen molar-refractivity contribution in [2.24, 2.45) is 5.92 Å². The SMILES string of the molecule is COC(=O)C(Cc1ccccc1)CS(=O)(=O)N[Si](C)(C)C(C)(C)C. The quantitative estimate of drug-likeness (QED) is 0.591. The van der Waals surface area contributed by atoms with E-state index in [-0.39, 0.29) is 10.8 Å². The van der Waals surface area contributed by atoms with E-state index in [1.807, 2.05) is 64.2 Å². The number of hydrogen-bond donors (Lipinski definition) is 1. The number of ether oxygens (including phenoxy) is 1. The van der Waals surface area contributed by atoms with Gasteiger partial charge in [-0.15, -0.1) is 0 Å². The smallest absolute Gasteiger partial charge is 0.310 e. The lowest BCUT2D eigenvalue weighted by Crippen LogP contribution is -2.55. The van der Waals surface area contributed by atoms with Gasteiger partial charge in [-0.3, -0.25) is 4.79 Å². The number of methoxy groups -OCH3 is 1. The first kappa shape index (κ1) is 20.9. The zero-order valence-electron chi connectivity index (χ0n) is 15.4. The van der Waals surface area contributed by atoms with Crippen LogP contribution in [0, 0.1) is 5.92 Å². The molecule has 1 aromatic rings. The van der Waals surface area contributed by atoms with Crippen LogP contribution in [-0.4, -0.2) is 35.5 Å². The van der Waals surface area contributed by atoms with E-state index in [0.29, 0.717) is 6.42 Å². The van der Waals surface area contributed by atoms with Crippen LogP contribution in [0.15, 0.2) is 30.3 Å². The number of sulfonamides is 1. The molecule has 0 bridgehead atoms. The van der Waals surface area contributed by atoms with Gasteiger partial charge in [-0.05, 0) is 17.0 Å². The maximum absolute atomic E-state index is 12.6. The monoisotopic (exact) mass is 371 g/mol. The minimum absolute atomic E-state index is 0.125. The molecule has 0 amide bonds. The van der Waals surface area contributed by atoms with Crippen molar-refractivity contribution in [1.29, 1.82) is 0 Å². The summed E-state index contributed by atoms with van der Waals surface area (Å²) in [6.45, 7) is 10.1. The average molecular weight is 372 g/mol. The summed E-state index contributed by atoms with van der Waals surface area (Å²) >= 11 is 0. The molecule has 1 aromatic carbocycles. The maximum atomic E-state index is 12.6. The second-order valence-corrected chi connectivity index (χ2v) is 14.8. The fourth-order valence-electron chi connectivity index (χ4n) is 2.12. The van der Waals surface area contributed by atoms with Crippen molar-refractivity contribution in [2.45, 2.75) is 45.3 Å². The Morgan fingerprint density at radius 1 is 1.21 bits per heavy atom. The van der Waals surface area contributed by atoms with Crippen LogP contribution in [-0.2, 0) is 26.0 Å². The number of hydrogen-bond acceptors (Lipinski definition) is 4. The Kier molecular flexibility index (Phi) is 6.78. The van der Waals surface area contributed by atoms with Crippen LogP contribution in [0.4, 0.5) is 0 Å². The summed E-state index contributed by atoms with van der Waals surface area (Å²) in [5.41, 5.74) is 0.912. The number of rotatable bonds is 7. The molecule has 0 radical (unpaired) electrons. The summed E-state index contributed by atoms with van der Waals surface area (Å²) in [4.78, 5) is 12.1. The first-order valence-corrected chi connectivity index (χ1v) is 12.7. The fourth-order valence-corrected chi connectivity index (χ4v) is 7.58. The van der Waals surface area contributed by atoms with E-state index in [0.717, 1.165) is 5.56 Å². The first-order valence-electron chi connectivity index (χ1n) is 8.01. The third-order valence-electron chi connectivity index (χ3n) is 4.57. The fraction of sp³-hybridized carbons (Fsp3) is 0.588. The Hall–Kier alpha value is -1.18. The minimum Gasteiger partial charge on any atom is -0.469 e. The number of esters is 1. The standard InChI is InChI=1S/C17H29NO4SSi/c1-17(2,3)24(5,6)18-23(20,21)13-15(16(19)22-4)12-14-10-8-7-9-11-14/h7-11,15,18H,12-13H2,1-6H3. The van der Waals surface area contributed by atoms with Gasteiger partial charge in [-0.25, -0.2) is 12.8 Å². The van der Waals surface area contributed by atoms with Crippen LogP contribution in [0.25, 0.3) is 0 Å². The van der Waals surface area contributed by atoms with Crippen LogP contribution >= 0.6 is 0 Å². The summed E-state index contributed by atoms with van der Waals surface area (Å²) in [6.07, 6.45) is 0.339. The van der Waals surface area contributed by atoms with Crippen molar-refractivity contribution in [2.75, 3.05) is 12.9 Å². The predicted octanol–water partition coefficient (Wildman–Crippen LogP) is 2.94. The van der Waals surface area contributed by atoms with Gasteiger partial charge in [-0.2, -0.15) is 0 Å². The number of nitrogens with one attached hydrogen (secondary N) is 1. The summed E-state index contributed by atoms with van der Waals surface area (Å²) in [7, 11) is -4.53. The zero-order chi connectivity index (χ0) is 18.6. The number of benzene rings is 1. The molecular formula is C17H29NO4SSi. The Labute approximate surface area is 146 Å². The zero-order valence-corrected chi connectivity index (χ0v) is 17.2. The summed E-state index contributed by atoms with van der Waals surface area (Å²) in [5.74, 6) is -1.49. The third kappa shape index (κ3) is 6.03. The van der Waals surface area contributed by atoms with E-state index < -0.39 is 30.1 Å². The second-order valence-electron chi connectivity index (χ2n) is 7.67. The molecule has 0 heterocycles. The van der Waals surface area contributed by atoms with E-state index in [4.69, 9.17) is 4.74 Å². The lowest BCUT2D eigenvalue weighted by molar-refractivity contribution is -0.144. The van der Waals surface area contributed by atoms with E-state index in [9.17, 15) is 13.2 Å². The Bertz CT molecular complexity index is 651. The molecule has 136 valence electrons. The van der Waals surface area contributed by atoms with Gasteiger partial charge in [0.05, 0.1) is 18.8 Å². The summed E-state index contributed by atoms with van der Waals surface area (Å²) < 4.78 is 32.9. The topological polar surface area (TPSA) is 72.5 Å². The van der Waals surface area contributed by atoms with Crippen LogP contribution in [0.2, 0.25) is 18.1 Å². The molecule has 0 aliphatic heterocycles. The van der Waals surface area contributed by atoms with Crippen molar-refractivity contribution in [3.05, 3.63) is 35.9 Å². The minimum atomic E-state index is -3.59. The predicted molar refractivity (Wildman–Crippen MR) is 99.8 cm³/mol. The number of carbonyl (C=O) groups is 1. The molecule has 1 rings (SSSR count). The maximum Gasteiger partial charge on any atom is 0.310 e. The Balaban J connectivity index is 2.95. The molecule has 0 spiro atoms. The molecule has 24 heavy (non-hydrogen) atoms. The first-order chi connectivity index (χ1) is 10.9. The Morgan fingerprint density at radius 2 is 1.75 bits per heavy atom. The lowest BCUT2D eigenvalue weighted by atomic mass is 10.0. The van der Waals surface area contributed by atoms with Gasteiger partial charge < -0.3 is 4.74 Å². The average Bonchev–Trinajstić information content (AvgIpc) is 2.44. The van der Waals surface area contributed by atoms with E-state index in [1.54, 1.807) is 0 Å². The van der Waals surface area contributed by atoms with Gasteiger partial charge in [0.15, 0.2) is 0 Å². The lowest BCUT2D eigenvalue weighted by Gasteiger charge is -2.37. The molecule has 0 aromatic heterocycles. The highest BCUT2D eigenvalue weighted by molar-refractivity contribution is 7.91. The van der Waals surface area contributed by atoms with Gasteiger partial charge in [0.2, 0.25) is 10.0 Å². The molecule has 0 aliphatic carbocycles. The van der Waals surface area contributed by atoms with Crippen molar-refractivity contribution in [1.82, 2.24) is 4.39 Å². The van der Waals surface area contributed by atoms with E-state index >= 15 is 0 Å². The van der Waals surface area contributed by atoms with Crippen molar-refractivity contribution >= 4 is 24.2 Å². The molecular weight excluding hydrogens is 342 g/mol. The summed E-state index contributed by atoms with van der Waals surface area (Å²) in [5, 5.41) is -0.125. The van der Waals surface area contributed by atoms with Crippen LogP contribution in [0.3, 0.4) is 0 Å². The largest absolute Gasteiger partial charge is 0.469 e. The highest BCUT2D eigenvalue weighted by atomic mass is 32.2. The van der Waals surface area contributed by atoms with Gasteiger partial charge in [0.25, 0.3) is 0 Å². The summed E-state index contributed by atoms with van der Waals surface area (Å²) in [6, 6.07) is 9.37. The highest BCUT2D eigenvalue weighted by Crippen LogP contribution is 2.34.